The zero-order chi connectivity index (χ0) is 15.0. The largest absolute Gasteiger partial charge is 0.310 e. The summed E-state index contributed by atoms with van der Waals surface area (Å²) in [5.74, 6) is 0. The van der Waals surface area contributed by atoms with E-state index in [1.54, 1.807) is 6.07 Å². The van der Waals surface area contributed by atoms with Crippen LogP contribution in [0, 0.1) is 0 Å². The summed E-state index contributed by atoms with van der Waals surface area (Å²) in [5, 5.41) is 3.29. The minimum Gasteiger partial charge on any atom is -0.310 e. The minimum absolute atomic E-state index is 0.397. The Labute approximate surface area is 127 Å². The molecule has 0 radical (unpaired) electrons. The standard InChI is InChI=1S/C14H26N2O2S2/c1-4-5-6-7-10-16-20(17,18)14-9-8-13(19-14)11-15-12(2)3/h8-9,12,15-16H,4-7,10-11H2,1-3H3. The van der Waals surface area contributed by atoms with Crippen LogP contribution in [-0.4, -0.2) is 21.0 Å². The van der Waals surface area contributed by atoms with Crippen molar-refractivity contribution in [2.45, 2.75) is 63.3 Å². The van der Waals surface area contributed by atoms with Crippen molar-refractivity contribution in [2.75, 3.05) is 6.54 Å². The molecule has 4 nitrogen and oxygen atoms in total. The second-order valence-corrected chi connectivity index (χ2v) is 8.38. The molecule has 0 amide bonds. The number of hydrogen-bond acceptors (Lipinski definition) is 4. The van der Waals surface area contributed by atoms with E-state index < -0.39 is 10.0 Å². The highest BCUT2D eigenvalue weighted by molar-refractivity contribution is 7.91. The van der Waals surface area contributed by atoms with Crippen molar-refractivity contribution in [3.63, 3.8) is 0 Å². The molecule has 0 aliphatic heterocycles. The lowest BCUT2D eigenvalue weighted by Crippen LogP contribution is -2.24. The van der Waals surface area contributed by atoms with E-state index in [4.69, 9.17) is 0 Å². The predicted octanol–water partition coefficient (Wildman–Crippen LogP) is 3.10. The van der Waals surface area contributed by atoms with Gasteiger partial charge < -0.3 is 5.32 Å². The molecule has 6 heteroatoms. The number of rotatable bonds is 10. The van der Waals surface area contributed by atoms with Crippen LogP contribution in [0.15, 0.2) is 16.3 Å². The molecule has 1 rings (SSSR count). The van der Waals surface area contributed by atoms with Gasteiger partial charge in [-0.1, -0.05) is 40.0 Å². The molecule has 0 fully saturated rings. The third kappa shape index (κ3) is 6.35. The van der Waals surface area contributed by atoms with Crippen LogP contribution in [-0.2, 0) is 16.6 Å². The highest BCUT2D eigenvalue weighted by Gasteiger charge is 2.16. The first kappa shape index (κ1) is 17.6. The molecule has 0 atom stereocenters. The van der Waals surface area contributed by atoms with Gasteiger partial charge in [0, 0.05) is 24.0 Å². The highest BCUT2D eigenvalue weighted by Crippen LogP contribution is 2.21. The summed E-state index contributed by atoms with van der Waals surface area (Å²) in [6, 6.07) is 3.97. The molecular formula is C14H26N2O2S2. The molecule has 116 valence electrons. The van der Waals surface area contributed by atoms with Crippen LogP contribution in [0.25, 0.3) is 0 Å². The Morgan fingerprint density at radius 3 is 2.60 bits per heavy atom. The number of sulfonamides is 1. The van der Waals surface area contributed by atoms with Crippen LogP contribution in [0.1, 0.15) is 51.3 Å². The summed E-state index contributed by atoms with van der Waals surface area (Å²) >= 11 is 1.34. The first-order valence-electron chi connectivity index (χ1n) is 7.27. The van der Waals surface area contributed by atoms with Crippen LogP contribution in [0.2, 0.25) is 0 Å². The fourth-order valence-corrected chi connectivity index (χ4v) is 4.16. The maximum absolute atomic E-state index is 12.1. The van der Waals surface area contributed by atoms with Crippen LogP contribution in [0.3, 0.4) is 0 Å². The van der Waals surface area contributed by atoms with Crippen LogP contribution < -0.4 is 10.0 Å². The number of hydrogen-bond donors (Lipinski definition) is 2. The van der Waals surface area contributed by atoms with Gasteiger partial charge in [0.2, 0.25) is 10.0 Å². The average Bonchev–Trinajstić information content (AvgIpc) is 2.85. The number of thiophene rings is 1. The van der Waals surface area contributed by atoms with Crippen molar-refractivity contribution in [3.8, 4) is 0 Å². The Bertz CT molecular complexity index is 481. The lowest BCUT2D eigenvalue weighted by atomic mass is 10.2. The normalized spacial score (nSPS) is 12.2. The summed E-state index contributed by atoms with van der Waals surface area (Å²) in [7, 11) is -3.32. The molecule has 0 bridgehead atoms. The first-order valence-corrected chi connectivity index (χ1v) is 9.57. The zero-order valence-electron chi connectivity index (χ0n) is 12.6. The van der Waals surface area contributed by atoms with E-state index in [1.807, 2.05) is 6.07 Å². The van der Waals surface area contributed by atoms with Crippen molar-refractivity contribution in [1.29, 1.82) is 0 Å². The Balaban J connectivity index is 2.46. The van der Waals surface area contributed by atoms with E-state index in [0.717, 1.165) is 30.6 Å². The van der Waals surface area contributed by atoms with Crippen LogP contribution >= 0.6 is 11.3 Å². The topological polar surface area (TPSA) is 58.2 Å². The van der Waals surface area contributed by atoms with Gasteiger partial charge in [-0.15, -0.1) is 11.3 Å². The Morgan fingerprint density at radius 1 is 1.20 bits per heavy atom. The molecule has 0 unspecified atom stereocenters. The molecule has 0 aromatic carbocycles. The maximum Gasteiger partial charge on any atom is 0.250 e. The Kier molecular flexibility index (Phi) is 7.72. The van der Waals surface area contributed by atoms with Gasteiger partial charge in [0.25, 0.3) is 0 Å². The number of nitrogens with one attached hydrogen (secondary N) is 2. The summed E-state index contributed by atoms with van der Waals surface area (Å²) in [6.45, 7) is 7.53. The zero-order valence-corrected chi connectivity index (χ0v) is 14.2. The second-order valence-electron chi connectivity index (χ2n) is 5.21. The van der Waals surface area contributed by atoms with Gasteiger partial charge in [-0.3, -0.25) is 0 Å². The monoisotopic (exact) mass is 318 g/mol. The molecule has 1 aromatic rings. The second kappa shape index (κ2) is 8.77. The fourth-order valence-electron chi connectivity index (χ4n) is 1.73. The van der Waals surface area contributed by atoms with Gasteiger partial charge in [-0.2, -0.15) is 0 Å². The molecule has 0 aliphatic carbocycles. The number of unbranched alkanes of at least 4 members (excludes halogenated alkanes) is 3. The minimum atomic E-state index is -3.32. The van der Waals surface area contributed by atoms with E-state index in [0.29, 0.717) is 23.3 Å². The molecule has 0 spiro atoms. The third-order valence-electron chi connectivity index (χ3n) is 2.91. The van der Waals surface area contributed by atoms with Crippen molar-refractivity contribution in [3.05, 3.63) is 17.0 Å². The maximum atomic E-state index is 12.1. The summed E-state index contributed by atoms with van der Waals surface area (Å²) < 4.78 is 27.3. The average molecular weight is 319 g/mol. The molecule has 0 aliphatic rings. The lowest BCUT2D eigenvalue weighted by molar-refractivity contribution is 0.575. The van der Waals surface area contributed by atoms with E-state index in [9.17, 15) is 8.42 Å². The van der Waals surface area contributed by atoms with Gasteiger partial charge in [-0.25, -0.2) is 13.1 Å². The molecule has 0 saturated heterocycles. The summed E-state index contributed by atoms with van der Waals surface area (Å²) in [5.41, 5.74) is 0. The van der Waals surface area contributed by atoms with E-state index in [1.165, 1.54) is 11.3 Å². The summed E-state index contributed by atoms with van der Waals surface area (Å²) in [4.78, 5) is 1.05. The molecule has 0 saturated carbocycles. The van der Waals surface area contributed by atoms with Gasteiger partial charge in [0.15, 0.2) is 0 Å². The molecule has 20 heavy (non-hydrogen) atoms. The summed E-state index contributed by atoms with van der Waals surface area (Å²) in [6.07, 6.45) is 4.29. The quantitative estimate of drug-likeness (QED) is 0.652. The van der Waals surface area contributed by atoms with Crippen molar-refractivity contribution in [1.82, 2.24) is 10.0 Å². The molecular weight excluding hydrogens is 292 g/mol. The van der Waals surface area contributed by atoms with E-state index in [2.05, 4.69) is 30.8 Å². The SMILES string of the molecule is CCCCCCNS(=O)(=O)c1ccc(CNC(C)C)s1. The molecule has 1 heterocycles. The lowest BCUT2D eigenvalue weighted by Gasteiger charge is -2.06. The predicted molar refractivity (Wildman–Crippen MR) is 85.6 cm³/mol. The van der Waals surface area contributed by atoms with Gasteiger partial charge in [0.05, 0.1) is 0 Å². The van der Waals surface area contributed by atoms with Crippen LogP contribution in [0.5, 0.6) is 0 Å². The van der Waals surface area contributed by atoms with Gasteiger partial charge in [0.1, 0.15) is 4.21 Å². The van der Waals surface area contributed by atoms with Gasteiger partial charge >= 0.3 is 0 Å². The highest BCUT2D eigenvalue weighted by atomic mass is 32.2. The van der Waals surface area contributed by atoms with Crippen molar-refractivity contribution < 1.29 is 8.42 Å². The Morgan fingerprint density at radius 2 is 1.95 bits per heavy atom. The Hall–Kier alpha value is -0.430. The van der Waals surface area contributed by atoms with Crippen molar-refractivity contribution >= 4 is 21.4 Å². The molecule has 2 N–H and O–H groups in total. The van der Waals surface area contributed by atoms with E-state index in [-0.39, 0.29) is 0 Å². The van der Waals surface area contributed by atoms with Crippen LogP contribution in [0.4, 0.5) is 0 Å². The van der Waals surface area contributed by atoms with Crippen molar-refractivity contribution in [2.24, 2.45) is 0 Å². The third-order valence-corrected chi connectivity index (χ3v) is 5.95. The smallest absolute Gasteiger partial charge is 0.250 e. The molecule has 1 aromatic heterocycles. The van der Waals surface area contributed by atoms with E-state index >= 15 is 0 Å². The fraction of sp³-hybridized carbons (Fsp3) is 0.714. The first-order chi connectivity index (χ1) is 9.45. The van der Waals surface area contributed by atoms with Gasteiger partial charge in [-0.05, 0) is 18.6 Å².